The van der Waals surface area contributed by atoms with E-state index in [1.54, 1.807) is 0 Å². The molecule has 25 heavy (non-hydrogen) atoms. The maximum absolute atomic E-state index is 12.3. The van der Waals surface area contributed by atoms with Crippen LogP contribution in [-0.2, 0) is 26.6 Å². The highest BCUT2D eigenvalue weighted by Crippen LogP contribution is 2.18. The molecule has 0 radical (unpaired) electrons. The van der Waals surface area contributed by atoms with Gasteiger partial charge in [-0.3, -0.25) is 0 Å². The molecule has 0 atom stereocenters. The molecule has 10 heteroatoms. The molecule has 0 fully saturated rings. The molecule has 1 aromatic carbocycles. The maximum atomic E-state index is 12.3. The Kier molecular flexibility index (Phi) is 5.99. The molecule has 2 aromatic rings. The molecule has 1 aromatic heterocycles. The van der Waals surface area contributed by atoms with Gasteiger partial charge in [-0.05, 0) is 19.4 Å². The number of nitrogens with one attached hydrogen (secondary N) is 1. The van der Waals surface area contributed by atoms with Gasteiger partial charge in [0.1, 0.15) is 10.6 Å². The van der Waals surface area contributed by atoms with Crippen molar-refractivity contribution >= 4 is 20.0 Å². The van der Waals surface area contributed by atoms with E-state index in [2.05, 4.69) is 9.88 Å². The van der Waals surface area contributed by atoms with Gasteiger partial charge in [-0.2, -0.15) is 4.31 Å². The average molecular weight is 387 g/mol. The van der Waals surface area contributed by atoms with Crippen LogP contribution in [0, 0.1) is 13.8 Å². The van der Waals surface area contributed by atoms with Gasteiger partial charge in [-0.25, -0.2) is 21.6 Å². The molecule has 0 spiro atoms. The standard InChI is InChI=1S/C15H21N3O5S2/c1-12-15(13(2)23-17-12)25(21,22)16-9-10-18(24(3,19)20)11-14-7-5-4-6-8-14/h4-8,16H,9-11H2,1-3H3. The van der Waals surface area contributed by atoms with E-state index in [0.717, 1.165) is 11.8 Å². The summed E-state index contributed by atoms with van der Waals surface area (Å²) in [6, 6.07) is 9.09. The SMILES string of the molecule is Cc1noc(C)c1S(=O)(=O)NCCN(Cc1ccccc1)S(C)(=O)=O. The van der Waals surface area contributed by atoms with Crippen molar-refractivity contribution in [2.24, 2.45) is 0 Å². The Balaban J connectivity index is 2.06. The van der Waals surface area contributed by atoms with E-state index in [0.29, 0.717) is 0 Å². The third-order valence-electron chi connectivity index (χ3n) is 3.56. The van der Waals surface area contributed by atoms with Gasteiger partial charge in [-0.1, -0.05) is 35.5 Å². The minimum atomic E-state index is -3.82. The number of aromatic nitrogens is 1. The van der Waals surface area contributed by atoms with Crippen molar-refractivity contribution in [3.63, 3.8) is 0 Å². The Hall–Kier alpha value is -1.75. The van der Waals surface area contributed by atoms with Gasteiger partial charge in [-0.15, -0.1) is 0 Å². The van der Waals surface area contributed by atoms with Crippen LogP contribution in [0.2, 0.25) is 0 Å². The molecule has 1 heterocycles. The second-order valence-electron chi connectivity index (χ2n) is 5.63. The molecule has 0 unspecified atom stereocenters. The second-order valence-corrected chi connectivity index (χ2v) is 9.32. The van der Waals surface area contributed by atoms with Crippen LogP contribution in [0.4, 0.5) is 0 Å². The first kappa shape index (κ1) is 19.6. The Bertz CT molecular complexity index is 902. The molecule has 138 valence electrons. The van der Waals surface area contributed by atoms with Crippen LogP contribution in [-0.4, -0.2) is 45.6 Å². The van der Waals surface area contributed by atoms with Crippen molar-refractivity contribution in [2.45, 2.75) is 25.3 Å². The van der Waals surface area contributed by atoms with Crippen LogP contribution < -0.4 is 4.72 Å². The van der Waals surface area contributed by atoms with Crippen LogP contribution in [0.3, 0.4) is 0 Å². The van der Waals surface area contributed by atoms with E-state index in [1.165, 1.54) is 18.2 Å². The first-order valence-corrected chi connectivity index (χ1v) is 10.9. The molecule has 0 aliphatic rings. The molecule has 0 aliphatic carbocycles. The third-order valence-corrected chi connectivity index (χ3v) is 6.51. The zero-order valence-electron chi connectivity index (χ0n) is 14.3. The highest BCUT2D eigenvalue weighted by molar-refractivity contribution is 7.89. The van der Waals surface area contributed by atoms with Crippen molar-refractivity contribution < 1.29 is 21.4 Å². The summed E-state index contributed by atoms with van der Waals surface area (Å²) in [5, 5.41) is 3.62. The van der Waals surface area contributed by atoms with E-state index in [4.69, 9.17) is 4.52 Å². The van der Waals surface area contributed by atoms with Crippen LogP contribution in [0.15, 0.2) is 39.8 Å². The van der Waals surface area contributed by atoms with Gasteiger partial charge >= 0.3 is 0 Å². The number of hydrogen-bond donors (Lipinski definition) is 1. The summed E-state index contributed by atoms with van der Waals surface area (Å²) in [6.45, 7) is 3.16. The topological polar surface area (TPSA) is 110 Å². The maximum Gasteiger partial charge on any atom is 0.246 e. The highest BCUT2D eigenvalue weighted by Gasteiger charge is 2.25. The van der Waals surface area contributed by atoms with Crippen molar-refractivity contribution in [3.8, 4) is 0 Å². The fourth-order valence-electron chi connectivity index (χ4n) is 2.38. The van der Waals surface area contributed by atoms with E-state index >= 15 is 0 Å². The summed E-state index contributed by atoms with van der Waals surface area (Å²) in [5.41, 5.74) is 1.08. The Morgan fingerprint density at radius 2 is 1.76 bits per heavy atom. The zero-order chi connectivity index (χ0) is 18.7. The minimum absolute atomic E-state index is 0.0103. The van der Waals surface area contributed by atoms with Crippen molar-refractivity contribution in [2.75, 3.05) is 19.3 Å². The fourth-order valence-corrected chi connectivity index (χ4v) is 4.54. The molecule has 0 saturated heterocycles. The van der Waals surface area contributed by atoms with Crippen molar-refractivity contribution in [1.82, 2.24) is 14.2 Å². The number of benzene rings is 1. The quantitative estimate of drug-likeness (QED) is 0.724. The van der Waals surface area contributed by atoms with Crippen LogP contribution >= 0.6 is 0 Å². The average Bonchev–Trinajstić information content (AvgIpc) is 2.86. The second kappa shape index (κ2) is 7.65. The summed E-state index contributed by atoms with van der Waals surface area (Å²) < 4.78 is 57.1. The van der Waals surface area contributed by atoms with Gasteiger partial charge in [0.25, 0.3) is 0 Å². The van der Waals surface area contributed by atoms with Gasteiger partial charge in [0.05, 0.1) is 6.26 Å². The molecular formula is C15H21N3O5S2. The minimum Gasteiger partial charge on any atom is -0.360 e. The van der Waals surface area contributed by atoms with Gasteiger partial charge < -0.3 is 4.52 Å². The van der Waals surface area contributed by atoms with Crippen LogP contribution in [0.1, 0.15) is 17.0 Å². The fraction of sp³-hybridized carbons (Fsp3) is 0.400. The van der Waals surface area contributed by atoms with Gasteiger partial charge in [0, 0.05) is 19.6 Å². The lowest BCUT2D eigenvalue weighted by Gasteiger charge is -2.20. The van der Waals surface area contributed by atoms with Crippen LogP contribution in [0.5, 0.6) is 0 Å². The lowest BCUT2D eigenvalue weighted by Crippen LogP contribution is -2.37. The van der Waals surface area contributed by atoms with E-state index in [9.17, 15) is 16.8 Å². The molecule has 0 aliphatic heterocycles. The molecule has 0 amide bonds. The molecule has 0 saturated carbocycles. The molecule has 8 nitrogen and oxygen atoms in total. The lowest BCUT2D eigenvalue weighted by atomic mass is 10.2. The number of rotatable bonds is 8. The summed E-state index contributed by atoms with van der Waals surface area (Å²) in [6.07, 6.45) is 1.10. The predicted octanol–water partition coefficient (Wildman–Crippen LogP) is 1.03. The lowest BCUT2D eigenvalue weighted by molar-refractivity contribution is 0.390. The molecule has 1 N–H and O–H groups in total. The van der Waals surface area contributed by atoms with E-state index < -0.39 is 20.0 Å². The normalized spacial score (nSPS) is 12.6. The smallest absolute Gasteiger partial charge is 0.246 e. The highest BCUT2D eigenvalue weighted by atomic mass is 32.2. The molecule has 2 rings (SSSR count). The van der Waals surface area contributed by atoms with Crippen molar-refractivity contribution in [3.05, 3.63) is 47.3 Å². The van der Waals surface area contributed by atoms with Crippen molar-refractivity contribution in [1.29, 1.82) is 0 Å². The number of sulfonamides is 2. The summed E-state index contributed by atoms with van der Waals surface area (Å²) in [4.78, 5) is -0.0125. The molecule has 0 bridgehead atoms. The zero-order valence-corrected chi connectivity index (χ0v) is 15.9. The van der Waals surface area contributed by atoms with E-state index in [1.807, 2.05) is 30.3 Å². The first-order chi connectivity index (χ1) is 11.6. The summed E-state index contributed by atoms with van der Waals surface area (Å²) in [7, 11) is -7.30. The van der Waals surface area contributed by atoms with E-state index in [-0.39, 0.29) is 36.0 Å². The van der Waals surface area contributed by atoms with Gasteiger partial charge in [0.15, 0.2) is 5.76 Å². The summed E-state index contributed by atoms with van der Waals surface area (Å²) >= 11 is 0. The summed E-state index contributed by atoms with van der Waals surface area (Å²) in [5.74, 6) is 0.189. The monoisotopic (exact) mass is 387 g/mol. The Labute approximate surface area is 147 Å². The Morgan fingerprint density at radius 3 is 2.28 bits per heavy atom. The number of nitrogens with zero attached hydrogens (tertiary/aromatic N) is 2. The number of aryl methyl sites for hydroxylation is 2. The third kappa shape index (κ3) is 5.11. The Morgan fingerprint density at radius 1 is 1.12 bits per heavy atom. The number of hydrogen-bond acceptors (Lipinski definition) is 6. The molecular weight excluding hydrogens is 366 g/mol. The predicted molar refractivity (Wildman–Crippen MR) is 92.9 cm³/mol. The van der Waals surface area contributed by atoms with Gasteiger partial charge in [0.2, 0.25) is 20.0 Å². The largest absolute Gasteiger partial charge is 0.360 e. The first-order valence-electron chi connectivity index (χ1n) is 7.53. The van der Waals surface area contributed by atoms with Crippen LogP contribution in [0.25, 0.3) is 0 Å².